The number of nitrogens with zero attached hydrogens (tertiary/aromatic N) is 2. The van der Waals surface area contributed by atoms with E-state index in [-0.39, 0.29) is 17.0 Å². The third kappa shape index (κ3) is 3.68. The minimum absolute atomic E-state index is 0.0452. The highest BCUT2D eigenvalue weighted by atomic mass is 19.1. The van der Waals surface area contributed by atoms with Crippen molar-refractivity contribution in [3.63, 3.8) is 0 Å². The van der Waals surface area contributed by atoms with Crippen LogP contribution in [-0.2, 0) is 14.3 Å². The van der Waals surface area contributed by atoms with E-state index in [9.17, 15) is 14.0 Å². The van der Waals surface area contributed by atoms with Crippen LogP contribution in [-0.4, -0.2) is 49.6 Å². The van der Waals surface area contributed by atoms with Crippen LogP contribution in [0.4, 0.5) is 10.1 Å². The summed E-state index contributed by atoms with van der Waals surface area (Å²) in [4.78, 5) is 29.5. The Labute approximate surface area is 174 Å². The average Bonchev–Trinajstić information content (AvgIpc) is 3.04. The monoisotopic (exact) mass is 410 g/mol. The zero-order valence-corrected chi connectivity index (χ0v) is 16.8. The maximum Gasteiger partial charge on any atom is 0.282 e. The van der Waals surface area contributed by atoms with E-state index >= 15 is 0 Å². The van der Waals surface area contributed by atoms with Gasteiger partial charge in [-0.25, -0.2) is 9.29 Å². The quantitative estimate of drug-likeness (QED) is 0.685. The molecule has 2 aromatic carbocycles. The normalized spacial score (nSPS) is 17.1. The largest absolute Gasteiger partial charge is 0.494 e. The lowest BCUT2D eigenvalue weighted by Crippen LogP contribution is -2.40. The first kappa shape index (κ1) is 20.1. The molecule has 0 saturated carbocycles. The lowest BCUT2D eigenvalue weighted by Gasteiger charge is -2.29. The topological polar surface area (TPSA) is 59.1 Å². The van der Waals surface area contributed by atoms with Crippen LogP contribution in [0, 0.1) is 5.82 Å². The molecule has 0 radical (unpaired) electrons. The summed E-state index contributed by atoms with van der Waals surface area (Å²) in [5.41, 5.74) is 1.11. The number of morpholine rings is 1. The van der Waals surface area contributed by atoms with Crippen LogP contribution in [0.2, 0.25) is 0 Å². The molecule has 0 atom stereocenters. The van der Waals surface area contributed by atoms with Gasteiger partial charge in [0.25, 0.3) is 11.8 Å². The number of para-hydroxylation sites is 1. The number of hydrogen-bond donors (Lipinski definition) is 0. The van der Waals surface area contributed by atoms with E-state index in [0.29, 0.717) is 44.2 Å². The summed E-state index contributed by atoms with van der Waals surface area (Å²) >= 11 is 0. The van der Waals surface area contributed by atoms with E-state index in [2.05, 4.69) is 0 Å². The molecular formula is C23H23FN2O4. The van der Waals surface area contributed by atoms with E-state index < -0.39 is 17.6 Å². The van der Waals surface area contributed by atoms with Gasteiger partial charge in [-0.15, -0.1) is 0 Å². The predicted octanol–water partition coefficient (Wildman–Crippen LogP) is 3.23. The van der Waals surface area contributed by atoms with Crippen LogP contribution >= 0.6 is 0 Å². The van der Waals surface area contributed by atoms with E-state index in [0.717, 1.165) is 11.3 Å². The molecule has 2 amide bonds. The number of ether oxygens (including phenoxy) is 2. The Morgan fingerprint density at radius 1 is 1.00 bits per heavy atom. The molecule has 0 unspecified atom stereocenters. The van der Waals surface area contributed by atoms with Gasteiger partial charge in [0.05, 0.1) is 31.1 Å². The number of hydrogen-bond acceptors (Lipinski definition) is 5. The first-order chi connectivity index (χ1) is 14.6. The molecule has 0 bridgehead atoms. The zero-order chi connectivity index (χ0) is 21.1. The zero-order valence-electron chi connectivity index (χ0n) is 16.8. The lowest BCUT2D eigenvalue weighted by atomic mass is 10.0. The molecule has 2 aliphatic heterocycles. The molecule has 4 rings (SSSR count). The minimum Gasteiger partial charge on any atom is -0.494 e. The standard InChI is InChI=1S/C23H23FN2O4/c1-2-13-30-17-9-7-16(8-10-17)20-21(25-11-14-29-15-12-25)23(28)26(22(20)27)19-6-4-3-5-18(19)24/h3-10H,2,11-15H2,1H3. The Kier molecular flexibility index (Phi) is 5.81. The maximum atomic E-state index is 14.4. The van der Waals surface area contributed by atoms with Crippen LogP contribution in [0.3, 0.4) is 0 Å². The Bertz CT molecular complexity index is 981. The summed E-state index contributed by atoms with van der Waals surface area (Å²) in [6.45, 7) is 4.51. The van der Waals surface area contributed by atoms with E-state index in [4.69, 9.17) is 9.47 Å². The van der Waals surface area contributed by atoms with Gasteiger partial charge in [-0.1, -0.05) is 31.2 Å². The van der Waals surface area contributed by atoms with Crippen molar-refractivity contribution in [2.75, 3.05) is 37.8 Å². The van der Waals surface area contributed by atoms with Gasteiger partial charge in [0.2, 0.25) is 0 Å². The Morgan fingerprint density at radius 3 is 2.37 bits per heavy atom. The molecule has 0 aliphatic carbocycles. The number of benzene rings is 2. The van der Waals surface area contributed by atoms with Gasteiger partial charge in [-0.05, 0) is 36.2 Å². The summed E-state index contributed by atoms with van der Waals surface area (Å²) < 4.78 is 25.5. The fraction of sp³-hybridized carbons (Fsp3) is 0.304. The van der Waals surface area contributed by atoms with Crippen LogP contribution in [0.15, 0.2) is 54.2 Å². The summed E-state index contributed by atoms with van der Waals surface area (Å²) in [5.74, 6) is -0.982. The molecule has 156 valence electrons. The highest BCUT2D eigenvalue weighted by molar-refractivity contribution is 6.45. The molecular weight excluding hydrogens is 387 g/mol. The SMILES string of the molecule is CCCOc1ccc(C2=C(N3CCOCC3)C(=O)N(c3ccccc3F)C2=O)cc1. The van der Waals surface area contributed by atoms with Crippen LogP contribution in [0.1, 0.15) is 18.9 Å². The van der Waals surface area contributed by atoms with Crippen molar-refractivity contribution in [1.29, 1.82) is 0 Å². The van der Waals surface area contributed by atoms with Gasteiger partial charge in [-0.2, -0.15) is 0 Å². The molecule has 30 heavy (non-hydrogen) atoms. The van der Waals surface area contributed by atoms with Gasteiger partial charge in [0, 0.05) is 13.1 Å². The second-order valence-electron chi connectivity index (χ2n) is 7.09. The fourth-order valence-corrected chi connectivity index (χ4v) is 3.65. The molecule has 2 aliphatic rings. The smallest absolute Gasteiger partial charge is 0.282 e. The van der Waals surface area contributed by atoms with Gasteiger partial charge in [-0.3, -0.25) is 9.59 Å². The summed E-state index contributed by atoms with van der Waals surface area (Å²) in [7, 11) is 0. The number of amides is 2. The van der Waals surface area contributed by atoms with Gasteiger partial charge in [0.15, 0.2) is 0 Å². The predicted molar refractivity (Wildman–Crippen MR) is 110 cm³/mol. The van der Waals surface area contributed by atoms with Crippen LogP contribution < -0.4 is 9.64 Å². The molecule has 0 aromatic heterocycles. The number of rotatable bonds is 6. The number of imide groups is 1. The number of anilines is 1. The number of carbonyl (C=O) groups is 2. The van der Waals surface area contributed by atoms with Crippen molar-refractivity contribution in [2.45, 2.75) is 13.3 Å². The molecule has 1 fully saturated rings. The average molecular weight is 410 g/mol. The van der Waals surface area contributed by atoms with Crippen molar-refractivity contribution in [3.8, 4) is 5.75 Å². The Morgan fingerprint density at radius 2 is 1.70 bits per heavy atom. The molecule has 2 aromatic rings. The van der Waals surface area contributed by atoms with Crippen molar-refractivity contribution in [1.82, 2.24) is 4.90 Å². The highest BCUT2D eigenvalue weighted by Gasteiger charge is 2.43. The summed E-state index contributed by atoms with van der Waals surface area (Å²) in [6.07, 6.45) is 0.888. The molecule has 1 saturated heterocycles. The Balaban J connectivity index is 1.76. The Hall–Kier alpha value is -3.19. The third-order valence-corrected chi connectivity index (χ3v) is 5.10. The molecule has 0 N–H and O–H groups in total. The highest BCUT2D eigenvalue weighted by Crippen LogP contribution is 2.36. The lowest BCUT2D eigenvalue weighted by molar-refractivity contribution is -0.121. The van der Waals surface area contributed by atoms with Crippen molar-refractivity contribution < 1.29 is 23.5 Å². The first-order valence-corrected chi connectivity index (χ1v) is 10.1. The summed E-state index contributed by atoms with van der Waals surface area (Å²) in [6, 6.07) is 12.9. The van der Waals surface area contributed by atoms with E-state index in [1.807, 2.05) is 11.8 Å². The van der Waals surface area contributed by atoms with Crippen LogP contribution in [0.5, 0.6) is 5.75 Å². The third-order valence-electron chi connectivity index (χ3n) is 5.10. The van der Waals surface area contributed by atoms with E-state index in [1.54, 1.807) is 30.3 Å². The molecule has 7 heteroatoms. The maximum absolute atomic E-state index is 14.4. The number of halogens is 1. The van der Waals surface area contributed by atoms with Gasteiger partial charge in [0.1, 0.15) is 17.3 Å². The second kappa shape index (κ2) is 8.67. The molecule has 6 nitrogen and oxygen atoms in total. The first-order valence-electron chi connectivity index (χ1n) is 10.1. The second-order valence-corrected chi connectivity index (χ2v) is 7.09. The van der Waals surface area contributed by atoms with Crippen molar-refractivity contribution in [2.24, 2.45) is 0 Å². The van der Waals surface area contributed by atoms with Crippen molar-refractivity contribution >= 4 is 23.1 Å². The number of carbonyl (C=O) groups excluding carboxylic acids is 2. The minimum atomic E-state index is -0.620. The van der Waals surface area contributed by atoms with Gasteiger partial charge >= 0.3 is 0 Å². The fourth-order valence-electron chi connectivity index (χ4n) is 3.65. The molecule has 0 spiro atoms. The van der Waals surface area contributed by atoms with Crippen molar-refractivity contribution in [3.05, 3.63) is 65.6 Å². The summed E-state index contributed by atoms with van der Waals surface area (Å²) in [5, 5.41) is 0. The molecule has 2 heterocycles. The van der Waals surface area contributed by atoms with E-state index in [1.165, 1.54) is 18.2 Å². The van der Waals surface area contributed by atoms with Gasteiger partial charge < -0.3 is 14.4 Å². The van der Waals surface area contributed by atoms with Crippen LogP contribution in [0.25, 0.3) is 5.57 Å².